The van der Waals surface area contributed by atoms with E-state index in [1.54, 1.807) is 40.3 Å². The predicted molar refractivity (Wildman–Crippen MR) is 84.5 cm³/mol. The van der Waals surface area contributed by atoms with Crippen LogP contribution in [0.15, 0.2) is 36.9 Å². The van der Waals surface area contributed by atoms with Gasteiger partial charge in [-0.05, 0) is 25.1 Å². The molecule has 0 aliphatic carbocycles. The van der Waals surface area contributed by atoms with Crippen molar-refractivity contribution in [1.29, 1.82) is 0 Å². The molecule has 4 heterocycles. The van der Waals surface area contributed by atoms with Gasteiger partial charge in [0.15, 0.2) is 5.65 Å². The molecule has 1 aliphatic rings. The average molecular weight is 309 g/mol. The van der Waals surface area contributed by atoms with Gasteiger partial charge in [0, 0.05) is 19.4 Å². The Bertz CT molecular complexity index is 904. The van der Waals surface area contributed by atoms with Gasteiger partial charge in [0.05, 0.1) is 18.4 Å². The van der Waals surface area contributed by atoms with Crippen molar-refractivity contribution in [2.24, 2.45) is 7.05 Å². The summed E-state index contributed by atoms with van der Waals surface area (Å²) >= 11 is 0. The van der Waals surface area contributed by atoms with Gasteiger partial charge in [0.1, 0.15) is 17.3 Å². The maximum absolute atomic E-state index is 13.1. The minimum absolute atomic E-state index is 0.123. The minimum atomic E-state index is -0.125. The normalized spacial score (nSPS) is 17.0. The van der Waals surface area contributed by atoms with Crippen molar-refractivity contribution in [2.45, 2.75) is 13.0 Å². The number of hydrogen-bond donors (Lipinski definition) is 0. The topological polar surface area (TPSA) is 73.1 Å². The third-order valence-corrected chi connectivity index (χ3v) is 3.87. The zero-order chi connectivity index (χ0) is 16.0. The van der Waals surface area contributed by atoms with Gasteiger partial charge >= 0.3 is 0 Å². The molecule has 4 rings (SSSR count). The van der Waals surface area contributed by atoms with Crippen molar-refractivity contribution in [3.63, 3.8) is 0 Å². The largest absolute Gasteiger partial charge is 0.471 e. The van der Waals surface area contributed by atoms with Crippen LogP contribution >= 0.6 is 0 Å². The van der Waals surface area contributed by atoms with Gasteiger partial charge in [-0.1, -0.05) is 0 Å². The van der Waals surface area contributed by atoms with Crippen molar-refractivity contribution in [1.82, 2.24) is 19.5 Å². The highest BCUT2D eigenvalue weighted by Crippen LogP contribution is 2.32. The number of carbonyl (C=O) groups excluding carboxylic acids is 1. The number of pyridine rings is 2. The van der Waals surface area contributed by atoms with E-state index in [0.29, 0.717) is 34.8 Å². The monoisotopic (exact) mass is 309 g/mol. The smallest absolute Gasteiger partial charge is 0.260 e. The van der Waals surface area contributed by atoms with Gasteiger partial charge in [0.2, 0.25) is 5.88 Å². The molecule has 0 N–H and O–H groups in total. The number of aryl methyl sites for hydroxylation is 1. The fourth-order valence-electron chi connectivity index (χ4n) is 2.80. The number of anilines is 1. The molecule has 0 saturated heterocycles. The highest BCUT2D eigenvalue weighted by molar-refractivity contribution is 6.12. The molecular weight excluding hydrogens is 294 g/mol. The van der Waals surface area contributed by atoms with Crippen LogP contribution in [0.5, 0.6) is 5.88 Å². The molecular formula is C16H15N5O2. The molecule has 1 amide bonds. The fraction of sp³-hybridized carbons (Fsp3) is 0.250. The summed E-state index contributed by atoms with van der Waals surface area (Å²) in [5.41, 5.74) is 2.49. The number of carbonyl (C=O) groups is 1. The number of fused-ring (bicyclic) bond motifs is 2. The lowest BCUT2D eigenvalue weighted by molar-refractivity contribution is 0.0960. The molecule has 0 fully saturated rings. The highest BCUT2D eigenvalue weighted by atomic mass is 16.5. The zero-order valence-electron chi connectivity index (χ0n) is 12.8. The second-order valence-electron chi connectivity index (χ2n) is 5.56. The van der Waals surface area contributed by atoms with Crippen LogP contribution in [-0.4, -0.2) is 38.1 Å². The maximum atomic E-state index is 13.1. The molecule has 3 aromatic heterocycles. The molecule has 7 nitrogen and oxygen atoms in total. The minimum Gasteiger partial charge on any atom is -0.471 e. The van der Waals surface area contributed by atoms with Crippen molar-refractivity contribution in [3.8, 4) is 5.88 Å². The molecule has 1 atom stereocenters. The zero-order valence-corrected chi connectivity index (χ0v) is 12.8. The summed E-state index contributed by atoms with van der Waals surface area (Å²) in [6.07, 6.45) is 4.82. The summed E-state index contributed by atoms with van der Waals surface area (Å²) in [5.74, 6) is 0.353. The predicted octanol–water partition coefficient (Wildman–Crippen LogP) is 1.79. The van der Waals surface area contributed by atoms with Crippen molar-refractivity contribution in [3.05, 3.63) is 42.5 Å². The molecule has 3 aromatic rings. The molecule has 7 heteroatoms. The summed E-state index contributed by atoms with van der Waals surface area (Å²) in [6, 6.07) is 5.33. The van der Waals surface area contributed by atoms with Crippen molar-refractivity contribution in [2.75, 3.05) is 11.4 Å². The number of hydrogen-bond acceptors (Lipinski definition) is 5. The van der Waals surface area contributed by atoms with E-state index in [0.717, 1.165) is 0 Å². The fourth-order valence-corrected chi connectivity index (χ4v) is 2.80. The molecule has 1 aliphatic heterocycles. The Labute approximate surface area is 132 Å². The number of rotatable bonds is 1. The third kappa shape index (κ3) is 2.12. The number of imidazole rings is 1. The Balaban J connectivity index is 1.83. The van der Waals surface area contributed by atoms with E-state index >= 15 is 0 Å². The summed E-state index contributed by atoms with van der Waals surface area (Å²) in [7, 11) is 1.85. The van der Waals surface area contributed by atoms with Crippen LogP contribution in [0.4, 0.5) is 5.69 Å². The molecule has 1 unspecified atom stereocenters. The first-order valence-electron chi connectivity index (χ1n) is 7.34. The molecule has 23 heavy (non-hydrogen) atoms. The van der Waals surface area contributed by atoms with E-state index in [2.05, 4.69) is 15.0 Å². The maximum Gasteiger partial charge on any atom is 0.260 e. The van der Waals surface area contributed by atoms with E-state index in [9.17, 15) is 4.79 Å². The van der Waals surface area contributed by atoms with Gasteiger partial charge in [-0.15, -0.1) is 0 Å². The second-order valence-corrected chi connectivity index (χ2v) is 5.56. The number of aromatic nitrogens is 4. The van der Waals surface area contributed by atoms with Gasteiger partial charge in [-0.3, -0.25) is 9.69 Å². The Hall–Kier alpha value is -2.96. The Morgan fingerprint density at radius 3 is 3.00 bits per heavy atom. The van der Waals surface area contributed by atoms with Gasteiger partial charge in [-0.25, -0.2) is 15.0 Å². The van der Waals surface area contributed by atoms with Crippen LogP contribution in [0.3, 0.4) is 0 Å². The SMILES string of the molecule is CC1CN(C(=O)c2ccnc3c2ncn3C)c2cccnc2O1. The van der Waals surface area contributed by atoms with Crippen LogP contribution in [0.2, 0.25) is 0 Å². The summed E-state index contributed by atoms with van der Waals surface area (Å²) in [5, 5.41) is 0. The van der Waals surface area contributed by atoms with Gasteiger partial charge in [-0.2, -0.15) is 0 Å². The number of ether oxygens (including phenoxy) is 1. The lowest BCUT2D eigenvalue weighted by atomic mass is 10.1. The Kier molecular flexibility index (Phi) is 3.00. The average Bonchev–Trinajstić information content (AvgIpc) is 2.95. The number of amides is 1. The van der Waals surface area contributed by atoms with Crippen LogP contribution in [0, 0.1) is 0 Å². The van der Waals surface area contributed by atoms with Crippen molar-refractivity contribution >= 4 is 22.8 Å². The molecule has 0 radical (unpaired) electrons. The quantitative estimate of drug-likeness (QED) is 0.685. The molecule has 0 aromatic carbocycles. The molecule has 0 spiro atoms. The van der Waals surface area contributed by atoms with E-state index < -0.39 is 0 Å². The third-order valence-electron chi connectivity index (χ3n) is 3.87. The van der Waals surface area contributed by atoms with Crippen LogP contribution < -0.4 is 9.64 Å². The van der Waals surface area contributed by atoms with Crippen molar-refractivity contribution < 1.29 is 9.53 Å². The van der Waals surface area contributed by atoms with E-state index in [4.69, 9.17) is 4.74 Å². The van der Waals surface area contributed by atoms with Crippen LogP contribution in [0.25, 0.3) is 11.2 Å². The van der Waals surface area contributed by atoms with Crippen LogP contribution in [-0.2, 0) is 7.05 Å². The van der Waals surface area contributed by atoms with E-state index in [1.165, 1.54) is 0 Å². The lowest BCUT2D eigenvalue weighted by Gasteiger charge is -2.32. The molecule has 0 bridgehead atoms. The Morgan fingerprint density at radius 2 is 2.13 bits per heavy atom. The second kappa shape index (κ2) is 5.05. The summed E-state index contributed by atoms with van der Waals surface area (Å²) < 4.78 is 7.50. The van der Waals surface area contributed by atoms with E-state index in [-0.39, 0.29) is 12.0 Å². The van der Waals surface area contributed by atoms with E-state index in [1.807, 2.05) is 20.0 Å². The molecule has 0 saturated carbocycles. The summed E-state index contributed by atoms with van der Waals surface area (Å²) in [4.78, 5) is 27.6. The van der Waals surface area contributed by atoms with Crippen LogP contribution in [0.1, 0.15) is 17.3 Å². The first kappa shape index (κ1) is 13.7. The summed E-state index contributed by atoms with van der Waals surface area (Å²) in [6.45, 7) is 2.38. The standard InChI is InChI=1S/C16H15N5O2/c1-10-8-21(12-4-3-6-18-15(12)23-10)16(22)11-5-7-17-14-13(11)19-9-20(14)2/h3-7,9-10H,8H2,1-2H3. The number of nitrogens with zero attached hydrogens (tertiary/aromatic N) is 5. The lowest BCUT2D eigenvalue weighted by Crippen LogP contribution is -2.42. The molecule has 116 valence electrons. The first-order valence-corrected chi connectivity index (χ1v) is 7.34. The van der Waals surface area contributed by atoms with Gasteiger partial charge in [0.25, 0.3) is 5.91 Å². The Morgan fingerprint density at radius 1 is 1.26 bits per heavy atom. The van der Waals surface area contributed by atoms with Gasteiger partial charge < -0.3 is 9.30 Å². The highest BCUT2D eigenvalue weighted by Gasteiger charge is 2.30. The first-order chi connectivity index (χ1) is 11.1.